The molecule has 134 valence electrons. The van der Waals surface area contributed by atoms with Crippen LogP contribution in [0, 0.1) is 17.3 Å². The van der Waals surface area contributed by atoms with Crippen molar-refractivity contribution in [2.45, 2.75) is 97.7 Å². The minimum absolute atomic E-state index is 0.347. The van der Waals surface area contributed by atoms with Crippen LogP contribution in [0.2, 0.25) is 0 Å². The summed E-state index contributed by atoms with van der Waals surface area (Å²) in [6.07, 6.45) is 8.73. The lowest BCUT2D eigenvalue weighted by Gasteiger charge is -2.56. The molecule has 0 radical (unpaired) electrons. The van der Waals surface area contributed by atoms with Crippen LogP contribution in [0.15, 0.2) is 0 Å². The zero-order valence-electron chi connectivity index (χ0n) is 16.6. The van der Waals surface area contributed by atoms with E-state index < -0.39 is 0 Å². The fraction of sp³-hybridized carbons (Fsp3) is 1.00. The van der Waals surface area contributed by atoms with E-state index in [2.05, 4.69) is 51.3 Å². The van der Waals surface area contributed by atoms with Crippen LogP contribution in [0.1, 0.15) is 80.1 Å². The van der Waals surface area contributed by atoms with Crippen molar-refractivity contribution in [1.82, 2.24) is 9.80 Å². The Balaban J connectivity index is 1.52. The van der Waals surface area contributed by atoms with Gasteiger partial charge >= 0.3 is 0 Å². The molecule has 4 fully saturated rings. The van der Waals surface area contributed by atoms with Crippen molar-refractivity contribution in [2.75, 3.05) is 19.6 Å². The molecular formula is C21H40N2. The summed E-state index contributed by atoms with van der Waals surface area (Å²) in [7, 11) is 0. The molecule has 0 aromatic heterocycles. The maximum Gasteiger partial charge on any atom is 0.0229 e. The highest BCUT2D eigenvalue weighted by Gasteiger charge is 2.43. The number of piperazine rings is 1. The Labute approximate surface area is 145 Å². The third-order valence-corrected chi connectivity index (χ3v) is 7.07. The van der Waals surface area contributed by atoms with Gasteiger partial charge in [0.05, 0.1) is 0 Å². The van der Waals surface area contributed by atoms with E-state index in [1.54, 1.807) is 0 Å². The highest BCUT2D eigenvalue weighted by molar-refractivity contribution is 4.99. The van der Waals surface area contributed by atoms with Crippen LogP contribution < -0.4 is 0 Å². The van der Waals surface area contributed by atoms with Gasteiger partial charge in [0.15, 0.2) is 0 Å². The molecule has 2 nitrogen and oxygen atoms in total. The summed E-state index contributed by atoms with van der Waals surface area (Å²) in [6.45, 7) is 18.5. The Morgan fingerprint density at radius 2 is 1.35 bits per heavy atom. The summed E-state index contributed by atoms with van der Waals surface area (Å²) in [6, 6.07) is 1.64. The molecule has 1 aliphatic carbocycles. The van der Waals surface area contributed by atoms with Gasteiger partial charge in [-0.1, -0.05) is 20.8 Å². The molecule has 3 aliphatic heterocycles. The minimum Gasteiger partial charge on any atom is -0.297 e. The Bertz CT molecular complexity index is 395. The molecule has 0 amide bonds. The van der Waals surface area contributed by atoms with Gasteiger partial charge in [0.1, 0.15) is 0 Å². The summed E-state index contributed by atoms with van der Waals surface area (Å²) >= 11 is 0. The molecule has 1 saturated carbocycles. The van der Waals surface area contributed by atoms with Crippen LogP contribution in [0.3, 0.4) is 0 Å². The quantitative estimate of drug-likeness (QED) is 0.722. The van der Waals surface area contributed by atoms with Gasteiger partial charge in [0.25, 0.3) is 0 Å². The predicted octanol–water partition coefficient (Wildman–Crippen LogP) is 4.79. The monoisotopic (exact) mass is 320 g/mol. The third kappa shape index (κ3) is 3.95. The number of nitrogens with zero attached hydrogens (tertiary/aromatic N) is 2. The van der Waals surface area contributed by atoms with Crippen LogP contribution in [0.25, 0.3) is 0 Å². The van der Waals surface area contributed by atoms with E-state index in [1.807, 2.05) is 0 Å². The summed E-state index contributed by atoms with van der Waals surface area (Å²) in [4.78, 5) is 5.66. The molecule has 2 unspecified atom stereocenters. The molecule has 2 bridgehead atoms. The number of rotatable bonds is 2. The molecular weight excluding hydrogens is 280 g/mol. The van der Waals surface area contributed by atoms with Crippen molar-refractivity contribution in [2.24, 2.45) is 17.3 Å². The number of piperidine rings is 2. The highest BCUT2D eigenvalue weighted by atomic mass is 15.3. The van der Waals surface area contributed by atoms with Crippen LogP contribution in [-0.2, 0) is 0 Å². The van der Waals surface area contributed by atoms with Crippen molar-refractivity contribution < 1.29 is 0 Å². The Morgan fingerprint density at radius 3 is 1.83 bits per heavy atom. The first kappa shape index (κ1) is 17.7. The fourth-order valence-corrected chi connectivity index (χ4v) is 5.50. The average Bonchev–Trinajstić information content (AvgIpc) is 2.46. The molecule has 3 saturated heterocycles. The van der Waals surface area contributed by atoms with Crippen LogP contribution >= 0.6 is 0 Å². The van der Waals surface area contributed by atoms with E-state index in [-0.39, 0.29) is 0 Å². The lowest BCUT2D eigenvalue weighted by molar-refractivity contribution is -0.0703. The van der Waals surface area contributed by atoms with E-state index in [4.69, 9.17) is 0 Å². The average molecular weight is 321 g/mol. The first-order valence-electron chi connectivity index (χ1n) is 10.2. The lowest BCUT2D eigenvalue weighted by atomic mass is 9.69. The first-order valence-corrected chi connectivity index (χ1v) is 10.2. The van der Waals surface area contributed by atoms with Crippen molar-refractivity contribution in [3.8, 4) is 0 Å². The number of hydrogen-bond donors (Lipinski definition) is 0. The van der Waals surface area contributed by atoms with Crippen molar-refractivity contribution >= 4 is 0 Å². The maximum atomic E-state index is 2.87. The summed E-state index contributed by atoms with van der Waals surface area (Å²) in [5.74, 6) is 1.92. The van der Waals surface area contributed by atoms with Crippen LogP contribution in [0.5, 0.6) is 0 Å². The molecule has 0 spiro atoms. The van der Waals surface area contributed by atoms with Crippen LogP contribution in [0.4, 0.5) is 0 Å². The molecule has 2 atom stereocenters. The van der Waals surface area contributed by atoms with Gasteiger partial charge in [-0.25, -0.2) is 0 Å². The zero-order chi connectivity index (χ0) is 16.8. The second kappa shape index (κ2) is 6.33. The smallest absolute Gasteiger partial charge is 0.0229 e. The van der Waals surface area contributed by atoms with E-state index in [1.165, 1.54) is 58.2 Å². The Kier molecular flexibility index (Phi) is 4.88. The normalized spacial score (nSPS) is 37.3. The molecule has 0 aromatic rings. The Hall–Kier alpha value is -0.0800. The summed E-state index contributed by atoms with van der Waals surface area (Å²) < 4.78 is 0. The van der Waals surface area contributed by atoms with E-state index in [0.717, 1.165) is 23.9 Å². The van der Waals surface area contributed by atoms with Gasteiger partial charge in [0.2, 0.25) is 0 Å². The minimum atomic E-state index is 0.347. The molecule has 2 heteroatoms. The molecule has 0 N–H and O–H groups in total. The third-order valence-electron chi connectivity index (χ3n) is 7.07. The molecule has 23 heavy (non-hydrogen) atoms. The standard InChI is InChI=1S/C21H40N2/c1-20(2,3)17-9-7-16(8-10-17)13-22-14-19-12-11-18(22)15-23(19)21(4,5)6/h16-19H,7-15H2,1-6H3. The first-order chi connectivity index (χ1) is 10.6. The van der Waals surface area contributed by atoms with Gasteiger partial charge in [-0.05, 0) is 76.5 Å². The summed E-state index contributed by atoms with van der Waals surface area (Å²) in [5, 5.41) is 0. The van der Waals surface area contributed by atoms with E-state index in [9.17, 15) is 0 Å². The van der Waals surface area contributed by atoms with Crippen molar-refractivity contribution in [3.63, 3.8) is 0 Å². The van der Waals surface area contributed by atoms with Crippen LogP contribution in [-0.4, -0.2) is 47.1 Å². The largest absolute Gasteiger partial charge is 0.297 e. The molecule has 4 aliphatic rings. The number of fused-ring (bicyclic) bond motifs is 3. The highest BCUT2D eigenvalue weighted by Crippen LogP contribution is 2.41. The van der Waals surface area contributed by atoms with Gasteiger partial charge in [-0.15, -0.1) is 0 Å². The predicted molar refractivity (Wildman–Crippen MR) is 99.7 cm³/mol. The fourth-order valence-electron chi connectivity index (χ4n) is 5.50. The molecule has 3 heterocycles. The second-order valence-corrected chi connectivity index (χ2v) is 10.7. The topological polar surface area (TPSA) is 6.48 Å². The lowest BCUT2D eigenvalue weighted by Crippen LogP contribution is -2.67. The Morgan fingerprint density at radius 1 is 0.739 bits per heavy atom. The van der Waals surface area contributed by atoms with Gasteiger partial charge in [-0.3, -0.25) is 9.80 Å². The second-order valence-electron chi connectivity index (χ2n) is 10.7. The zero-order valence-corrected chi connectivity index (χ0v) is 16.6. The van der Waals surface area contributed by atoms with Crippen molar-refractivity contribution in [1.29, 1.82) is 0 Å². The molecule has 0 aromatic carbocycles. The molecule has 4 rings (SSSR count). The van der Waals surface area contributed by atoms with Crippen molar-refractivity contribution in [3.05, 3.63) is 0 Å². The summed E-state index contributed by atoms with van der Waals surface area (Å²) in [5.41, 5.74) is 0.864. The SMILES string of the molecule is CC(C)(C)C1CCC(CN2CC3CCC2CN3C(C)(C)C)CC1. The van der Waals surface area contributed by atoms with E-state index in [0.29, 0.717) is 11.0 Å². The van der Waals surface area contributed by atoms with E-state index >= 15 is 0 Å². The van der Waals surface area contributed by atoms with Gasteiger partial charge in [0, 0.05) is 37.3 Å². The number of hydrogen-bond acceptors (Lipinski definition) is 2. The van der Waals surface area contributed by atoms with Gasteiger partial charge in [-0.2, -0.15) is 0 Å². The maximum absolute atomic E-state index is 2.87. The van der Waals surface area contributed by atoms with Gasteiger partial charge < -0.3 is 0 Å².